The molecular weight excluding hydrogens is 452 g/mol. The van der Waals surface area contributed by atoms with Crippen LogP contribution in [0.3, 0.4) is 0 Å². The molecule has 0 unspecified atom stereocenters. The zero-order chi connectivity index (χ0) is 27.2. The molecule has 36 heavy (non-hydrogen) atoms. The first-order valence-corrected chi connectivity index (χ1v) is 12.3. The average Bonchev–Trinajstić information content (AvgIpc) is 3.11. The van der Waals surface area contributed by atoms with Gasteiger partial charge in [-0.25, -0.2) is 0 Å². The van der Waals surface area contributed by atoms with Crippen LogP contribution in [0.25, 0.3) is 0 Å². The fourth-order valence-corrected chi connectivity index (χ4v) is 4.70. The molecular formula is C29H40N4O3. The second-order valence-corrected chi connectivity index (χ2v) is 11.7. The van der Waals surface area contributed by atoms with Crippen molar-refractivity contribution in [3.63, 3.8) is 0 Å². The Hall–Kier alpha value is -3.35. The quantitative estimate of drug-likeness (QED) is 0.601. The number of nitrogens with zero attached hydrogens (tertiary/aromatic N) is 3. The number of phenolic OH excluding ortho intramolecular Hbond substituents is 1. The van der Waals surface area contributed by atoms with E-state index in [1.165, 1.54) is 0 Å². The minimum atomic E-state index is -0.320. The number of anilines is 1. The number of carbonyl (C=O) groups is 2. The highest BCUT2D eigenvalue weighted by molar-refractivity contribution is 6.09. The highest BCUT2D eigenvalue weighted by Gasteiger charge is 2.32. The number of phenols is 1. The van der Waals surface area contributed by atoms with E-state index in [2.05, 4.69) is 10.3 Å². The number of hydrogen-bond donors (Lipinski definition) is 2. The molecule has 7 heteroatoms. The number of Topliss-reactive ketones (excluding diaryl/α,β-unsaturated/α-hetero) is 1. The monoisotopic (exact) mass is 492 g/mol. The van der Waals surface area contributed by atoms with Crippen LogP contribution in [0.4, 0.5) is 5.69 Å². The molecule has 194 valence electrons. The summed E-state index contributed by atoms with van der Waals surface area (Å²) < 4.78 is 0. The van der Waals surface area contributed by atoms with E-state index in [9.17, 15) is 14.7 Å². The van der Waals surface area contributed by atoms with Crippen molar-refractivity contribution in [3.05, 3.63) is 57.6 Å². The average molecular weight is 493 g/mol. The van der Waals surface area contributed by atoms with Crippen molar-refractivity contribution >= 4 is 23.2 Å². The van der Waals surface area contributed by atoms with Gasteiger partial charge < -0.3 is 20.2 Å². The van der Waals surface area contributed by atoms with Gasteiger partial charge in [-0.3, -0.25) is 14.6 Å². The molecule has 0 saturated carbocycles. The van der Waals surface area contributed by atoms with Crippen molar-refractivity contribution in [3.8, 4) is 5.75 Å². The Morgan fingerprint density at radius 1 is 1.03 bits per heavy atom. The first kappa shape index (κ1) is 27.2. The number of carbonyl (C=O) groups excluding carboxylic acids is 2. The summed E-state index contributed by atoms with van der Waals surface area (Å²) in [5.41, 5.74) is 4.74. The smallest absolute Gasteiger partial charge is 0.253 e. The van der Waals surface area contributed by atoms with Gasteiger partial charge in [0.25, 0.3) is 5.91 Å². The van der Waals surface area contributed by atoms with E-state index >= 15 is 0 Å². The van der Waals surface area contributed by atoms with E-state index in [-0.39, 0.29) is 34.8 Å². The van der Waals surface area contributed by atoms with Gasteiger partial charge in [-0.1, -0.05) is 41.5 Å². The van der Waals surface area contributed by atoms with E-state index in [1.54, 1.807) is 14.1 Å². The molecule has 0 fully saturated rings. The van der Waals surface area contributed by atoms with Crippen LogP contribution in [0.2, 0.25) is 0 Å². The molecule has 3 rings (SSSR count). The van der Waals surface area contributed by atoms with Gasteiger partial charge in [0.15, 0.2) is 5.78 Å². The number of amidine groups is 1. The number of aliphatic imine (C=N–C) groups is 1. The maximum atomic E-state index is 13.6. The van der Waals surface area contributed by atoms with Crippen LogP contribution in [-0.2, 0) is 17.4 Å². The van der Waals surface area contributed by atoms with Crippen molar-refractivity contribution < 1.29 is 14.7 Å². The highest BCUT2D eigenvalue weighted by Crippen LogP contribution is 2.40. The summed E-state index contributed by atoms with van der Waals surface area (Å²) in [6.07, 6.45) is 0. The Kier molecular flexibility index (Phi) is 7.26. The number of benzene rings is 2. The number of rotatable bonds is 5. The molecule has 0 saturated heterocycles. The first-order chi connectivity index (χ1) is 16.6. The van der Waals surface area contributed by atoms with E-state index in [0.29, 0.717) is 23.5 Å². The number of aromatic hydroxyl groups is 1. The first-order valence-electron chi connectivity index (χ1n) is 12.3. The van der Waals surface area contributed by atoms with Crippen LogP contribution in [0.1, 0.15) is 84.5 Å². The van der Waals surface area contributed by atoms with Crippen LogP contribution >= 0.6 is 0 Å². The largest absolute Gasteiger partial charge is 0.507 e. The van der Waals surface area contributed by atoms with E-state index in [0.717, 1.165) is 27.9 Å². The summed E-state index contributed by atoms with van der Waals surface area (Å²) in [5, 5.41) is 13.7. The van der Waals surface area contributed by atoms with Gasteiger partial charge in [-0.2, -0.15) is 0 Å². The molecule has 1 aliphatic rings. The molecule has 1 aliphatic heterocycles. The van der Waals surface area contributed by atoms with Crippen molar-refractivity contribution in [1.82, 2.24) is 10.2 Å². The zero-order valence-electron chi connectivity index (χ0n) is 23.3. The third kappa shape index (κ3) is 5.11. The molecule has 7 nitrogen and oxygen atoms in total. The predicted molar refractivity (Wildman–Crippen MR) is 147 cm³/mol. The van der Waals surface area contributed by atoms with Gasteiger partial charge in [-0.05, 0) is 40.7 Å². The Labute approximate surface area is 215 Å². The fraction of sp³-hybridized carbons (Fsp3) is 0.483. The summed E-state index contributed by atoms with van der Waals surface area (Å²) in [5.74, 6) is 0.743. The Bertz CT molecular complexity index is 1200. The lowest BCUT2D eigenvalue weighted by Gasteiger charge is -2.28. The number of amides is 1. The van der Waals surface area contributed by atoms with Gasteiger partial charge in [0.05, 0.1) is 12.1 Å². The van der Waals surface area contributed by atoms with E-state index < -0.39 is 0 Å². The third-order valence-electron chi connectivity index (χ3n) is 6.67. The molecule has 0 aliphatic carbocycles. The van der Waals surface area contributed by atoms with E-state index in [1.807, 2.05) is 89.7 Å². The molecule has 0 atom stereocenters. The van der Waals surface area contributed by atoms with Crippen LogP contribution in [0.5, 0.6) is 5.75 Å². The standard InChI is InChI=1S/C29H40N4O3/c1-28(2,3)21-11-17(12-22(25(21)35)29(4,5)6)24(34)16-33-15-18-13-23(32(9)10)20(27(36)31-8)14-19(18)26(33)30-7/h11-14,35H,15-16H2,1-10H3,(H,31,36)/b30-26-. The molecule has 2 aromatic carbocycles. The van der Waals surface area contributed by atoms with Crippen LogP contribution in [0, 0.1) is 0 Å². The van der Waals surface area contributed by atoms with E-state index in [4.69, 9.17) is 0 Å². The lowest BCUT2D eigenvalue weighted by molar-refractivity contribution is 0.0955. The molecule has 0 bridgehead atoms. The number of ketones is 1. The third-order valence-corrected chi connectivity index (χ3v) is 6.67. The molecule has 2 aromatic rings. The minimum Gasteiger partial charge on any atom is -0.507 e. The summed E-state index contributed by atoms with van der Waals surface area (Å²) in [4.78, 5) is 34.6. The Morgan fingerprint density at radius 2 is 1.58 bits per heavy atom. The second-order valence-electron chi connectivity index (χ2n) is 11.7. The molecule has 0 aromatic heterocycles. The lowest BCUT2D eigenvalue weighted by atomic mass is 9.78. The van der Waals surface area contributed by atoms with Crippen molar-refractivity contribution in [2.45, 2.75) is 58.9 Å². The number of nitrogens with one attached hydrogen (secondary N) is 1. The fourth-order valence-electron chi connectivity index (χ4n) is 4.70. The normalized spacial score (nSPS) is 14.7. The van der Waals surface area contributed by atoms with Crippen LogP contribution in [0.15, 0.2) is 29.3 Å². The van der Waals surface area contributed by atoms with Crippen molar-refractivity contribution in [2.75, 3.05) is 39.6 Å². The van der Waals surface area contributed by atoms with Crippen LogP contribution < -0.4 is 10.2 Å². The van der Waals surface area contributed by atoms with Gasteiger partial charge in [0, 0.05) is 62.7 Å². The molecule has 2 N–H and O–H groups in total. The molecule has 1 amide bonds. The van der Waals surface area contributed by atoms with Crippen LogP contribution in [-0.4, -0.2) is 62.3 Å². The maximum Gasteiger partial charge on any atom is 0.253 e. The van der Waals surface area contributed by atoms with Gasteiger partial charge >= 0.3 is 0 Å². The highest BCUT2D eigenvalue weighted by atomic mass is 16.3. The van der Waals surface area contributed by atoms with Crippen molar-refractivity contribution in [1.29, 1.82) is 0 Å². The van der Waals surface area contributed by atoms with Crippen molar-refractivity contribution in [2.24, 2.45) is 4.99 Å². The maximum absolute atomic E-state index is 13.6. The second kappa shape index (κ2) is 9.60. The topological polar surface area (TPSA) is 85.2 Å². The molecule has 0 radical (unpaired) electrons. The summed E-state index contributed by atoms with van der Waals surface area (Å²) >= 11 is 0. The Balaban J connectivity index is 2.02. The number of fused-ring (bicyclic) bond motifs is 1. The molecule has 0 spiro atoms. The van der Waals surface area contributed by atoms with Gasteiger partial charge in [0.1, 0.15) is 11.6 Å². The summed E-state index contributed by atoms with van der Waals surface area (Å²) in [7, 11) is 7.13. The summed E-state index contributed by atoms with van der Waals surface area (Å²) in [6.45, 7) is 12.9. The molecule has 1 heterocycles. The number of hydrogen-bond acceptors (Lipinski definition) is 5. The zero-order valence-corrected chi connectivity index (χ0v) is 23.3. The Morgan fingerprint density at radius 3 is 2.03 bits per heavy atom. The van der Waals surface area contributed by atoms with Gasteiger partial charge in [-0.15, -0.1) is 0 Å². The minimum absolute atomic E-state index is 0.0423. The SMILES string of the molecule is C/N=C1/c2cc(C(=O)NC)c(N(C)C)cc2CN1CC(=O)c1cc(C(C)(C)C)c(O)c(C(C)(C)C)c1. The summed E-state index contributed by atoms with van der Waals surface area (Å²) in [6, 6.07) is 7.53. The lowest BCUT2D eigenvalue weighted by Crippen LogP contribution is -2.31. The predicted octanol–water partition coefficient (Wildman–Crippen LogP) is 4.49. The van der Waals surface area contributed by atoms with Gasteiger partial charge in [0.2, 0.25) is 0 Å².